The summed E-state index contributed by atoms with van der Waals surface area (Å²) < 4.78 is 0. The molecule has 24 heavy (non-hydrogen) atoms. The van der Waals surface area contributed by atoms with E-state index >= 15 is 0 Å². The molecule has 2 rings (SSSR count). The highest BCUT2D eigenvalue weighted by Crippen LogP contribution is 2.40. The van der Waals surface area contributed by atoms with Crippen molar-refractivity contribution in [2.45, 2.75) is 25.8 Å². The van der Waals surface area contributed by atoms with Gasteiger partial charge in [0.15, 0.2) is 0 Å². The number of carboxylic acids is 1. The Bertz CT molecular complexity index is 679. The second kappa shape index (κ2) is 7.73. The molecule has 0 radical (unpaired) electrons. The molecule has 0 saturated heterocycles. The van der Waals surface area contributed by atoms with Gasteiger partial charge in [-0.25, -0.2) is 0 Å². The molecule has 5 nitrogen and oxygen atoms in total. The van der Waals surface area contributed by atoms with E-state index in [0.717, 1.165) is 12.8 Å². The smallest absolute Gasteiger partial charge is 0.313 e. The first-order valence-corrected chi connectivity index (χ1v) is 7.99. The summed E-state index contributed by atoms with van der Waals surface area (Å²) in [6.07, 6.45) is 7.82. The topological polar surface area (TPSA) is 70.5 Å². The lowest BCUT2D eigenvalue weighted by Crippen LogP contribution is -2.46. The molecule has 2 atom stereocenters. The van der Waals surface area contributed by atoms with Crippen molar-refractivity contribution in [3.05, 3.63) is 66.5 Å². The number of aliphatic carboxylic acids is 1. The van der Waals surface area contributed by atoms with Crippen molar-refractivity contribution < 1.29 is 14.7 Å². The molecule has 1 aromatic heterocycles. The molecule has 2 unspecified atom stereocenters. The Hall–Kier alpha value is -2.69. The van der Waals surface area contributed by atoms with Crippen LogP contribution in [0.25, 0.3) is 0 Å². The van der Waals surface area contributed by atoms with E-state index in [0.29, 0.717) is 23.3 Å². The summed E-state index contributed by atoms with van der Waals surface area (Å²) >= 11 is 0. The number of rotatable bonds is 7. The van der Waals surface area contributed by atoms with Gasteiger partial charge in [0.05, 0.1) is 6.04 Å². The minimum absolute atomic E-state index is 0.209. The number of carbonyl (C=O) groups is 2. The molecule has 1 amide bonds. The summed E-state index contributed by atoms with van der Waals surface area (Å²) in [5.74, 6) is -2.10. The van der Waals surface area contributed by atoms with E-state index in [9.17, 15) is 14.7 Å². The Labute approximate surface area is 142 Å². The maximum atomic E-state index is 12.9. The fourth-order valence-corrected chi connectivity index (χ4v) is 3.12. The van der Waals surface area contributed by atoms with Crippen LogP contribution >= 0.6 is 0 Å². The first-order valence-electron chi connectivity index (χ1n) is 7.99. The molecule has 1 aromatic rings. The SMILES string of the molecule is C=CC1=C(C=C)C(C(=O)O)C(c2cccnc2)N(CCCC)C1=O. The van der Waals surface area contributed by atoms with Gasteiger partial charge in [0.2, 0.25) is 0 Å². The van der Waals surface area contributed by atoms with Crippen LogP contribution in [-0.2, 0) is 9.59 Å². The van der Waals surface area contributed by atoms with Gasteiger partial charge in [-0.1, -0.05) is 44.7 Å². The summed E-state index contributed by atoms with van der Waals surface area (Å²) in [5.41, 5.74) is 1.43. The molecule has 0 aliphatic carbocycles. The van der Waals surface area contributed by atoms with Gasteiger partial charge in [0.1, 0.15) is 5.92 Å². The van der Waals surface area contributed by atoms with Gasteiger partial charge in [-0.2, -0.15) is 0 Å². The molecule has 0 saturated carbocycles. The number of allylic oxidation sites excluding steroid dienone is 1. The fourth-order valence-electron chi connectivity index (χ4n) is 3.12. The van der Waals surface area contributed by atoms with E-state index in [1.54, 1.807) is 29.4 Å². The summed E-state index contributed by atoms with van der Waals surface area (Å²) in [6.45, 7) is 9.91. The zero-order chi connectivity index (χ0) is 17.7. The van der Waals surface area contributed by atoms with Crippen LogP contribution in [0, 0.1) is 5.92 Å². The lowest BCUT2D eigenvalue weighted by Gasteiger charge is -2.41. The number of hydrogen-bond donors (Lipinski definition) is 1. The van der Waals surface area contributed by atoms with Gasteiger partial charge in [0, 0.05) is 24.5 Å². The van der Waals surface area contributed by atoms with Crippen LogP contribution < -0.4 is 0 Å². The average molecular weight is 326 g/mol. The third-order valence-corrected chi connectivity index (χ3v) is 4.26. The predicted molar refractivity (Wildman–Crippen MR) is 92.1 cm³/mol. The Balaban J connectivity index is 2.66. The molecule has 2 heterocycles. The molecular formula is C19H22N2O3. The highest BCUT2D eigenvalue weighted by atomic mass is 16.4. The van der Waals surface area contributed by atoms with Gasteiger partial charge in [0.25, 0.3) is 5.91 Å². The lowest BCUT2D eigenvalue weighted by molar-refractivity contribution is -0.145. The van der Waals surface area contributed by atoms with Crippen LogP contribution in [0.1, 0.15) is 31.4 Å². The minimum atomic E-state index is -0.993. The molecule has 0 aromatic carbocycles. The molecule has 0 bridgehead atoms. The highest BCUT2D eigenvalue weighted by molar-refractivity contribution is 6.01. The predicted octanol–water partition coefficient (Wildman–Crippen LogP) is 3.13. The van der Waals surface area contributed by atoms with Crippen molar-refractivity contribution in [3.8, 4) is 0 Å². The number of unbranched alkanes of at least 4 members (excludes halogenated alkanes) is 1. The molecule has 5 heteroatoms. The van der Waals surface area contributed by atoms with E-state index in [-0.39, 0.29) is 5.91 Å². The fraction of sp³-hybridized carbons (Fsp3) is 0.316. The minimum Gasteiger partial charge on any atom is -0.481 e. The van der Waals surface area contributed by atoms with Crippen LogP contribution in [0.15, 0.2) is 61.0 Å². The summed E-state index contributed by atoms with van der Waals surface area (Å²) in [7, 11) is 0. The maximum Gasteiger partial charge on any atom is 0.313 e. The van der Waals surface area contributed by atoms with E-state index in [1.165, 1.54) is 12.2 Å². The monoisotopic (exact) mass is 326 g/mol. The average Bonchev–Trinajstić information content (AvgIpc) is 2.60. The number of carbonyl (C=O) groups excluding carboxylic acids is 1. The van der Waals surface area contributed by atoms with Crippen molar-refractivity contribution in [1.29, 1.82) is 0 Å². The maximum absolute atomic E-state index is 12.9. The summed E-state index contributed by atoms with van der Waals surface area (Å²) in [4.78, 5) is 30.7. The van der Waals surface area contributed by atoms with E-state index < -0.39 is 17.9 Å². The van der Waals surface area contributed by atoms with Crippen LogP contribution in [-0.4, -0.2) is 33.4 Å². The molecule has 1 N–H and O–H groups in total. The van der Waals surface area contributed by atoms with Crippen molar-refractivity contribution in [1.82, 2.24) is 9.88 Å². The largest absolute Gasteiger partial charge is 0.481 e. The first kappa shape index (κ1) is 17.7. The number of carboxylic acid groups (broad SMARTS) is 1. The van der Waals surface area contributed by atoms with Crippen LogP contribution in [0.4, 0.5) is 0 Å². The molecule has 0 spiro atoms. The summed E-state index contributed by atoms with van der Waals surface area (Å²) in [6, 6.07) is 2.95. The van der Waals surface area contributed by atoms with Crippen LogP contribution in [0.3, 0.4) is 0 Å². The lowest BCUT2D eigenvalue weighted by atomic mass is 9.79. The van der Waals surface area contributed by atoms with Gasteiger partial charge in [-0.3, -0.25) is 14.6 Å². The van der Waals surface area contributed by atoms with E-state index in [1.807, 2.05) is 6.92 Å². The first-order chi connectivity index (χ1) is 11.6. The zero-order valence-electron chi connectivity index (χ0n) is 13.8. The number of nitrogens with zero attached hydrogens (tertiary/aromatic N) is 2. The molecule has 126 valence electrons. The van der Waals surface area contributed by atoms with Crippen LogP contribution in [0.5, 0.6) is 0 Å². The zero-order valence-corrected chi connectivity index (χ0v) is 13.8. The molecule has 1 aliphatic heterocycles. The van der Waals surface area contributed by atoms with Gasteiger partial charge < -0.3 is 10.0 Å². The van der Waals surface area contributed by atoms with E-state index in [4.69, 9.17) is 0 Å². The molecule has 0 fully saturated rings. The van der Waals surface area contributed by atoms with Crippen LogP contribution in [0.2, 0.25) is 0 Å². The number of amides is 1. The second-order valence-corrected chi connectivity index (χ2v) is 5.68. The molecule has 1 aliphatic rings. The molecular weight excluding hydrogens is 304 g/mol. The third-order valence-electron chi connectivity index (χ3n) is 4.26. The van der Waals surface area contributed by atoms with Gasteiger partial charge in [-0.05, 0) is 23.6 Å². The quantitative estimate of drug-likeness (QED) is 0.835. The number of hydrogen-bond acceptors (Lipinski definition) is 3. The van der Waals surface area contributed by atoms with Crippen molar-refractivity contribution in [2.24, 2.45) is 5.92 Å². The number of pyridine rings is 1. The Morgan fingerprint density at radius 3 is 2.67 bits per heavy atom. The number of aromatic nitrogens is 1. The Morgan fingerprint density at radius 2 is 2.17 bits per heavy atom. The Kier molecular flexibility index (Phi) is 5.68. The normalized spacial score (nSPS) is 20.9. The van der Waals surface area contributed by atoms with E-state index in [2.05, 4.69) is 18.1 Å². The van der Waals surface area contributed by atoms with Crippen molar-refractivity contribution >= 4 is 11.9 Å². The second-order valence-electron chi connectivity index (χ2n) is 5.68. The van der Waals surface area contributed by atoms with Crippen molar-refractivity contribution in [2.75, 3.05) is 6.54 Å². The van der Waals surface area contributed by atoms with Gasteiger partial charge in [-0.15, -0.1) is 0 Å². The highest BCUT2D eigenvalue weighted by Gasteiger charge is 2.44. The van der Waals surface area contributed by atoms with Gasteiger partial charge >= 0.3 is 5.97 Å². The standard InChI is InChI=1S/C19H22N2O3/c1-4-7-11-21-17(13-9-8-10-20-12-13)16(19(23)24)14(5-2)15(6-3)18(21)22/h5-6,8-10,12,16-17H,2-4,7,11H2,1H3,(H,23,24). The van der Waals surface area contributed by atoms with Crippen molar-refractivity contribution in [3.63, 3.8) is 0 Å². The Morgan fingerprint density at radius 1 is 1.42 bits per heavy atom. The third kappa shape index (κ3) is 3.15. The summed E-state index contributed by atoms with van der Waals surface area (Å²) in [5, 5.41) is 9.84.